The number of thiophene rings is 1. The fourth-order valence-electron chi connectivity index (χ4n) is 1.61. The summed E-state index contributed by atoms with van der Waals surface area (Å²) in [4.78, 5) is 7.16. The Morgan fingerprint density at radius 2 is 2.27 bits per heavy atom. The van der Waals surface area contributed by atoms with Crippen LogP contribution < -0.4 is 0 Å². The minimum atomic E-state index is 0.626. The predicted octanol–water partition coefficient (Wildman–Crippen LogP) is 4.16. The molecule has 0 radical (unpaired) electrons. The molecule has 0 saturated heterocycles. The number of hydrogen-bond donors (Lipinski definition) is 1. The van der Waals surface area contributed by atoms with Crippen molar-refractivity contribution in [3.63, 3.8) is 0 Å². The minimum Gasteiger partial charge on any atom is -0.345 e. The average molecular weight is 253 g/mol. The Labute approximate surface area is 99.5 Å². The Hall–Kier alpha value is -0.970. The lowest BCUT2D eigenvalue weighted by Crippen LogP contribution is -1.78. The zero-order valence-electron chi connectivity index (χ0n) is 7.45. The molecule has 0 bridgehead atoms. The summed E-state index contributed by atoms with van der Waals surface area (Å²) in [6.45, 7) is 0. The molecule has 5 heteroatoms. The maximum Gasteiger partial charge on any atom is 0.147 e. The van der Waals surface area contributed by atoms with Gasteiger partial charge in [-0.2, -0.15) is 0 Å². The molecule has 2 nitrogen and oxygen atoms in total. The van der Waals surface area contributed by atoms with E-state index in [9.17, 15) is 0 Å². The lowest BCUT2D eigenvalue weighted by atomic mass is 10.2. The molecule has 0 spiro atoms. The van der Waals surface area contributed by atoms with Crippen LogP contribution in [0.1, 0.15) is 0 Å². The van der Waals surface area contributed by atoms with Crippen molar-refractivity contribution in [2.24, 2.45) is 0 Å². The van der Waals surface area contributed by atoms with E-state index >= 15 is 0 Å². The summed E-state index contributed by atoms with van der Waals surface area (Å²) in [7, 11) is 0. The summed E-state index contributed by atoms with van der Waals surface area (Å²) < 4.78 is 2.75. The molecule has 15 heavy (non-hydrogen) atoms. The second-order valence-corrected chi connectivity index (χ2v) is 4.97. The van der Waals surface area contributed by atoms with Crippen LogP contribution in [0.25, 0.3) is 20.3 Å². The number of H-pyrrole nitrogens is 1. The van der Waals surface area contributed by atoms with Crippen LogP contribution in [-0.2, 0) is 0 Å². The molecule has 3 rings (SSSR count). The van der Waals surface area contributed by atoms with E-state index in [2.05, 4.69) is 9.97 Å². The molecule has 0 aliphatic rings. The van der Waals surface area contributed by atoms with Crippen LogP contribution in [0.4, 0.5) is 0 Å². The minimum absolute atomic E-state index is 0.626. The lowest BCUT2D eigenvalue weighted by molar-refractivity contribution is 1.22. The SMILES string of the molecule is S=c1nc[nH]c2c1sc1cccc(Cl)c12. The van der Waals surface area contributed by atoms with Crippen LogP contribution >= 0.6 is 35.2 Å². The second-order valence-electron chi connectivity index (χ2n) is 3.13. The largest absolute Gasteiger partial charge is 0.345 e. The monoisotopic (exact) mass is 252 g/mol. The highest BCUT2D eigenvalue weighted by molar-refractivity contribution is 7.71. The van der Waals surface area contributed by atoms with Gasteiger partial charge in [-0.25, -0.2) is 4.98 Å². The Balaban J connectivity index is 2.71. The standard InChI is InChI=1S/C10H5ClN2S2/c11-5-2-1-3-6-7(5)8-9(15-6)10(14)13-4-12-8/h1-4H,(H,12,13,14). The molecule has 0 atom stereocenters. The third kappa shape index (κ3) is 1.29. The summed E-state index contributed by atoms with van der Waals surface area (Å²) in [6.07, 6.45) is 1.61. The Kier molecular flexibility index (Phi) is 2.02. The van der Waals surface area contributed by atoms with E-state index in [1.165, 1.54) is 0 Å². The van der Waals surface area contributed by atoms with Gasteiger partial charge in [0, 0.05) is 10.1 Å². The number of benzene rings is 1. The summed E-state index contributed by atoms with van der Waals surface area (Å²) >= 11 is 13.0. The molecule has 74 valence electrons. The normalized spacial score (nSPS) is 11.3. The molecule has 3 aromatic rings. The first-order valence-electron chi connectivity index (χ1n) is 4.32. The van der Waals surface area contributed by atoms with Gasteiger partial charge >= 0.3 is 0 Å². The van der Waals surface area contributed by atoms with Crippen molar-refractivity contribution in [1.82, 2.24) is 9.97 Å². The van der Waals surface area contributed by atoms with E-state index in [0.29, 0.717) is 4.64 Å². The van der Waals surface area contributed by atoms with Gasteiger partial charge in [0.25, 0.3) is 0 Å². The van der Waals surface area contributed by atoms with Crippen LogP contribution in [-0.4, -0.2) is 9.97 Å². The molecule has 0 amide bonds. The van der Waals surface area contributed by atoms with Crippen LogP contribution in [0.2, 0.25) is 5.02 Å². The summed E-state index contributed by atoms with van der Waals surface area (Å²) in [5.41, 5.74) is 0.987. The first kappa shape index (κ1) is 9.27. The zero-order valence-corrected chi connectivity index (χ0v) is 9.84. The first-order valence-corrected chi connectivity index (χ1v) is 5.92. The molecule has 2 heterocycles. The van der Waals surface area contributed by atoms with Crippen molar-refractivity contribution in [2.75, 3.05) is 0 Å². The van der Waals surface area contributed by atoms with Crippen LogP contribution in [0.15, 0.2) is 24.5 Å². The molecule has 0 aliphatic carbocycles. The Morgan fingerprint density at radius 3 is 3.13 bits per heavy atom. The Bertz CT molecular complexity index is 714. The highest BCUT2D eigenvalue weighted by atomic mass is 35.5. The molecular weight excluding hydrogens is 248 g/mol. The number of hydrogen-bond acceptors (Lipinski definition) is 3. The molecule has 0 unspecified atom stereocenters. The van der Waals surface area contributed by atoms with Gasteiger partial charge in [-0.3, -0.25) is 0 Å². The van der Waals surface area contributed by atoms with Gasteiger partial charge in [-0.1, -0.05) is 29.9 Å². The zero-order chi connectivity index (χ0) is 10.4. The molecule has 1 aromatic carbocycles. The summed E-state index contributed by atoms with van der Waals surface area (Å²) in [5.74, 6) is 0. The summed E-state index contributed by atoms with van der Waals surface area (Å²) in [6, 6.07) is 5.86. The fourth-order valence-corrected chi connectivity index (χ4v) is 3.30. The van der Waals surface area contributed by atoms with Crippen molar-refractivity contribution in [2.45, 2.75) is 0 Å². The van der Waals surface area contributed by atoms with Crippen molar-refractivity contribution in [3.8, 4) is 0 Å². The van der Waals surface area contributed by atoms with Crippen molar-refractivity contribution >= 4 is 55.5 Å². The Morgan fingerprint density at radius 1 is 1.40 bits per heavy atom. The van der Waals surface area contributed by atoms with E-state index in [1.54, 1.807) is 17.7 Å². The number of nitrogens with one attached hydrogen (secondary N) is 1. The van der Waals surface area contributed by atoms with Gasteiger partial charge in [0.15, 0.2) is 0 Å². The number of fused-ring (bicyclic) bond motifs is 3. The van der Waals surface area contributed by atoms with Crippen LogP contribution in [0, 0.1) is 4.64 Å². The predicted molar refractivity (Wildman–Crippen MR) is 67.3 cm³/mol. The van der Waals surface area contributed by atoms with Crippen molar-refractivity contribution < 1.29 is 0 Å². The average Bonchev–Trinajstić information content (AvgIpc) is 2.59. The highest BCUT2D eigenvalue weighted by Crippen LogP contribution is 2.36. The molecule has 0 fully saturated rings. The summed E-state index contributed by atoms with van der Waals surface area (Å²) in [5, 5.41) is 1.78. The van der Waals surface area contributed by atoms with Gasteiger partial charge in [-0.05, 0) is 12.1 Å². The van der Waals surface area contributed by atoms with Crippen LogP contribution in [0.3, 0.4) is 0 Å². The van der Waals surface area contributed by atoms with Crippen molar-refractivity contribution in [1.29, 1.82) is 0 Å². The molecule has 2 aromatic heterocycles. The molecular formula is C10H5ClN2S2. The number of rotatable bonds is 0. The number of aromatic nitrogens is 2. The van der Waals surface area contributed by atoms with E-state index < -0.39 is 0 Å². The smallest absolute Gasteiger partial charge is 0.147 e. The van der Waals surface area contributed by atoms with Gasteiger partial charge in [0.05, 0.1) is 21.6 Å². The van der Waals surface area contributed by atoms with Crippen LogP contribution in [0.5, 0.6) is 0 Å². The van der Waals surface area contributed by atoms with E-state index in [0.717, 1.165) is 25.3 Å². The van der Waals surface area contributed by atoms with E-state index in [4.69, 9.17) is 23.8 Å². The highest BCUT2D eigenvalue weighted by Gasteiger charge is 2.09. The third-order valence-electron chi connectivity index (χ3n) is 2.25. The number of aromatic amines is 1. The van der Waals surface area contributed by atoms with Gasteiger partial charge in [0.1, 0.15) is 4.64 Å². The van der Waals surface area contributed by atoms with E-state index in [-0.39, 0.29) is 0 Å². The van der Waals surface area contributed by atoms with Crippen molar-refractivity contribution in [3.05, 3.63) is 34.2 Å². The quantitative estimate of drug-likeness (QED) is 0.609. The van der Waals surface area contributed by atoms with Gasteiger partial charge in [-0.15, -0.1) is 11.3 Å². The molecule has 1 N–H and O–H groups in total. The maximum absolute atomic E-state index is 6.16. The molecule has 0 saturated carbocycles. The van der Waals surface area contributed by atoms with E-state index in [1.807, 2.05) is 18.2 Å². The number of halogens is 1. The second kappa shape index (κ2) is 3.27. The lowest BCUT2D eigenvalue weighted by Gasteiger charge is -1.93. The first-order chi connectivity index (χ1) is 7.27. The third-order valence-corrected chi connectivity index (χ3v) is 4.16. The maximum atomic E-state index is 6.16. The van der Waals surface area contributed by atoms with Gasteiger partial charge < -0.3 is 4.98 Å². The topological polar surface area (TPSA) is 28.7 Å². The number of nitrogens with zero attached hydrogens (tertiary/aromatic N) is 1. The fraction of sp³-hybridized carbons (Fsp3) is 0. The molecule has 0 aliphatic heterocycles. The van der Waals surface area contributed by atoms with Gasteiger partial charge in [0.2, 0.25) is 0 Å².